The molecular weight excluding hydrogens is 262 g/mol. The quantitative estimate of drug-likeness (QED) is 0.875. The number of hydrogen-bond acceptors (Lipinski definition) is 3. The number of nitrogens with two attached hydrogens (primary N) is 1. The van der Waals surface area contributed by atoms with E-state index in [0.717, 1.165) is 37.8 Å². The van der Waals surface area contributed by atoms with Crippen LogP contribution < -0.4 is 11.1 Å². The highest BCUT2D eigenvalue weighted by Gasteiger charge is 2.33. The first-order valence-electron chi connectivity index (χ1n) is 7.93. The molecule has 1 aromatic rings. The second kappa shape index (κ2) is 5.68. The summed E-state index contributed by atoms with van der Waals surface area (Å²) in [5, 5.41) is 3.42. The molecule has 0 radical (unpaired) electrons. The number of rotatable bonds is 2. The van der Waals surface area contributed by atoms with Crippen LogP contribution in [0.3, 0.4) is 0 Å². The fourth-order valence-electron chi connectivity index (χ4n) is 3.61. The Labute approximate surface area is 126 Å². The van der Waals surface area contributed by atoms with Gasteiger partial charge in [0.1, 0.15) is 6.04 Å². The van der Waals surface area contributed by atoms with Gasteiger partial charge in [-0.2, -0.15) is 0 Å². The first-order valence-corrected chi connectivity index (χ1v) is 7.93. The monoisotopic (exact) mass is 287 g/mol. The number of nitrogens with zero attached hydrogens (tertiary/aromatic N) is 1. The van der Waals surface area contributed by atoms with Crippen molar-refractivity contribution in [3.63, 3.8) is 0 Å². The lowest BCUT2D eigenvalue weighted by atomic mass is 9.90. The normalized spacial score (nSPS) is 27.9. The summed E-state index contributed by atoms with van der Waals surface area (Å²) in [4.78, 5) is 14.7. The van der Waals surface area contributed by atoms with Gasteiger partial charge in [-0.25, -0.2) is 0 Å². The number of benzene rings is 1. The van der Waals surface area contributed by atoms with Gasteiger partial charge in [0.15, 0.2) is 0 Å². The van der Waals surface area contributed by atoms with Crippen molar-refractivity contribution in [1.82, 2.24) is 4.90 Å². The van der Waals surface area contributed by atoms with Crippen molar-refractivity contribution in [2.24, 2.45) is 5.73 Å². The van der Waals surface area contributed by atoms with Gasteiger partial charge in [0.05, 0.1) is 0 Å². The van der Waals surface area contributed by atoms with E-state index in [9.17, 15) is 4.79 Å². The predicted molar refractivity (Wildman–Crippen MR) is 85.3 cm³/mol. The Balaban J connectivity index is 1.66. The average Bonchev–Trinajstić information content (AvgIpc) is 2.92. The molecule has 1 fully saturated rings. The molecule has 4 nitrogen and oxygen atoms in total. The molecule has 2 aliphatic rings. The van der Waals surface area contributed by atoms with E-state index >= 15 is 0 Å². The van der Waals surface area contributed by atoms with Crippen LogP contribution in [0.1, 0.15) is 36.8 Å². The molecule has 0 spiro atoms. The van der Waals surface area contributed by atoms with Crippen LogP contribution in [0.2, 0.25) is 0 Å². The van der Waals surface area contributed by atoms with Crippen molar-refractivity contribution in [3.05, 3.63) is 29.3 Å². The molecule has 1 atom stereocenters. The Hall–Kier alpha value is -1.55. The SMILES string of the molecule is Cc1cccc2c1NC(C(=O)N(C)[C@H]1CC[C@H](N)CC1)C2. The van der Waals surface area contributed by atoms with Crippen LogP contribution in [0, 0.1) is 6.92 Å². The van der Waals surface area contributed by atoms with Gasteiger partial charge >= 0.3 is 0 Å². The Kier molecular flexibility index (Phi) is 3.89. The summed E-state index contributed by atoms with van der Waals surface area (Å²) in [5.74, 6) is 0.214. The summed E-state index contributed by atoms with van der Waals surface area (Å²) in [5.41, 5.74) is 9.58. The Bertz CT molecular complexity index is 535. The largest absolute Gasteiger partial charge is 0.373 e. The molecule has 0 saturated heterocycles. The number of para-hydroxylation sites is 1. The maximum Gasteiger partial charge on any atom is 0.245 e. The molecule has 114 valence electrons. The zero-order valence-electron chi connectivity index (χ0n) is 12.9. The first kappa shape index (κ1) is 14.4. The molecule has 1 saturated carbocycles. The summed E-state index contributed by atoms with van der Waals surface area (Å²) in [6.45, 7) is 2.09. The van der Waals surface area contributed by atoms with Crippen molar-refractivity contribution in [3.8, 4) is 0 Å². The maximum absolute atomic E-state index is 12.7. The Morgan fingerprint density at radius 1 is 1.29 bits per heavy atom. The Morgan fingerprint density at radius 2 is 2.00 bits per heavy atom. The third kappa shape index (κ3) is 2.77. The lowest BCUT2D eigenvalue weighted by Crippen LogP contribution is -2.47. The van der Waals surface area contributed by atoms with Crippen LogP contribution in [0.25, 0.3) is 0 Å². The van der Waals surface area contributed by atoms with Crippen molar-refractivity contribution in [2.75, 3.05) is 12.4 Å². The molecule has 0 aromatic heterocycles. The van der Waals surface area contributed by atoms with Crippen LogP contribution in [0.15, 0.2) is 18.2 Å². The minimum atomic E-state index is -0.110. The first-order chi connectivity index (χ1) is 10.1. The van der Waals surface area contributed by atoms with Gasteiger partial charge < -0.3 is 16.0 Å². The molecule has 1 unspecified atom stereocenters. The van der Waals surface area contributed by atoms with Crippen LogP contribution in [0.4, 0.5) is 5.69 Å². The van der Waals surface area contributed by atoms with Gasteiger partial charge in [-0.05, 0) is 43.7 Å². The topological polar surface area (TPSA) is 58.4 Å². The number of hydrogen-bond donors (Lipinski definition) is 2. The van der Waals surface area contributed by atoms with Gasteiger partial charge in [0, 0.05) is 31.2 Å². The minimum Gasteiger partial charge on any atom is -0.373 e. The number of likely N-dealkylation sites (N-methyl/N-ethyl adjacent to an activating group) is 1. The molecule has 4 heteroatoms. The number of carbonyl (C=O) groups excluding carboxylic acids is 1. The van der Waals surface area contributed by atoms with Gasteiger partial charge in [0.2, 0.25) is 5.91 Å². The van der Waals surface area contributed by atoms with Crippen LogP contribution in [-0.4, -0.2) is 36.0 Å². The van der Waals surface area contributed by atoms with Crippen LogP contribution >= 0.6 is 0 Å². The molecule has 1 aliphatic heterocycles. The molecule has 21 heavy (non-hydrogen) atoms. The molecule has 1 amide bonds. The van der Waals surface area contributed by atoms with E-state index in [4.69, 9.17) is 5.73 Å². The minimum absolute atomic E-state index is 0.110. The van der Waals surface area contributed by atoms with E-state index in [1.54, 1.807) is 0 Å². The summed E-state index contributed by atoms with van der Waals surface area (Å²) in [6, 6.07) is 6.83. The van der Waals surface area contributed by atoms with Crippen molar-refractivity contribution in [1.29, 1.82) is 0 Å². The van der Waals surface area contributed by atoms with Crippen molar-refractivity contribution < 1.29 is 4.79 Å². The molecule has 3 N–H and O–H groups in total. The summed E-state index contributed by atoms with van der Waals surface area (Å²) < 4.78 is 0. The van der Waals surface area contributed by atoms with Gasteiger partial charge in [-0.15, -0.1) is 0 Å². The number of amides is 1. The molecular formula is C17H25N3O. The zero-order chi connectivity index (χ0) is 15.0. The smallest absolute Gasteiger partial charge is 0.245 e. The van der Waals surface area contributed by atoms with E-state index in [1.807, 2.05) is 11.9 Å². The second-order valence-corrected chi connectivity index (χ2v) is 6.53. The summed E-state index contributed by atoms with van der Waals surface area (Å²) in [7, 11) is 1.95. The third-order valence-electron chi connectivity index (χ3n) is 5.04. The average molecular weight is 287 g/mol. The molecule has 0 bridgehead atoms. The number of nitrogens with one attached hydrogen (secondary N) is 1. The fourth-order valence-corrected chi connectivity index (χ4v) is 3.61. The highest BCUT2D eigenvalue weighted by molar-refractivity contribution is 5.88. The van der Waals surface area contributed by atoms with E-state index < -0.39 is 0 Å². The molecule has 1 aromatic carbocycles. The van der Waals surface area contributed by atoms with Crippen LogP contribution in [0.5, 0.6) is 0 Å². The highest BCUT2D eigenvalue weighted by Crippen LogP contribution is 2.30. The second-order valence-electron chi connectivity index (χ2n) is 6.53. The van der Waals surface area contributed by atoms with E-state index in [1.165, 1.54) is 11.1 Å². The van der Waals surface area contributed by atoms with E-state index in [2.05, 4.69) is 30.4 Å². The molecule has 1 aliphatic carbocycles. The van der Waals surface area contributed by atoms with Crippen molar-refractivity contribution in [2.45, 2.75) is 57.2 Å². The van der Waals surface area contributed by atoms with E-state index in [-0.39, 0.29) is 11.9 Å². The molecule has 3 rings (SSSR count). The summed E-state index contributed by atoms with van der Waals surface area (Å²) in [6.07, 6.45) is 4.91. The lowest BCUT2D eigenvalue weighted by molar-refractivity contribution is -0.133. The molecule has 1 heterocycles. The van der Waals surface area contributed by atoms with Gasteiger partial charge in [-0.3, -0.25) is 4.79 Å². The maximum atomic E-state index is 12.7. The highest BCUT2D eigenvalue weighted by atomic mass is 16.2. The standard InChI is InChI=1S/C17H25N3O/c1-11-4-3-5-12-10-15(19-16(11)12)17(21)20(2)14-8-6-13(18)7-9-14/h3-5,13-15,19H,6-10,18H2,1-2H3/t13-,14-,15?. The fraction of sp³-hybridized carbons (Fsp3) is 0.588. The zero-order valence-corrected chi connectivity index (χ0v) is 12.9. The number of aryl methyl sites for hydroxylation is 1. The van der Waals surface area contributed by atoms with Crippen LogP contribution in [-0.2, 0) is 11.2 Å². The number of anilines is 1. The predicted octanol–water partition coefficient (Wildman–Crippen LogP) is 2.06. The Morgan fingerprint density at radius 3 is 2.67 bits per heavy atom. The third-order valence-corrected chi connectivity index (χ3v) is 5.04. The number of carbonyl (C=O) groups is 1. The van der Waals surface area contributed by atoms with Gasteiger partial charge in [-0.1, -0.05) is 18.2 Å². The van der Waals surface area contributed by atoms with Gasteiger partial charge in [0.25, 0.3) is 0 Å². The summed E-state index contributed by atoms with van der Waals surface area (Å²) >= 11 is 0. The number of fused-ring (bicyclic) bond motifs is 1. The van der Waals surface area contributed by atoms with E-state index in [0.29, 0.717) is 12.1 Å². The lowest BCUT2D eigenvalue weighted by Gasteiger charge is -2.34. The van der Waals surface area contributed by atoms with Crippen molar-refractivity contribution >= 4 is 11.6 Å².